The molecule has 1 atom stereocenters. The number of aryl methyl sites for hydroxylation is 1. The quantitative estimate of drug-likeness (QED) is 0.631. The summed E-state index contributed by atoms with van der Waals surface area (Å²) in [5.41, 5.74) is 2.44. The Bertz CT molecular complexity index is 1160. The molecule has 7 nitrogen and oxygen atoms in total. The number of rotatable bonds is 5. The highest BCUT2D eigenvalue weighted by Crippen LogP contribution is 2.27. The molecular formula is C22H23N5O2S. The summed E-state index contributed by atoms with van der Waals surface area (Å²) in [6.45, 7) is 3.69. The van der Waals surface area contributed by atoms with Crippen molar-refractivity contribution in [3.8, 4) is 17.5 Å². The number of pyridine rings is 1. The number of nitriles is 1. The molecule has 1 aromatic carbocycles. The van der Waals surface area contributed by atoms with Gasteiger partial charge in [0.05, 0.1) is 16.5 Å². The van der Waals surface area contributed by atoms with Crippen LogP contribution in [0.1, 0.15) is 24.1 Å². The van der Waals surface area contributed by atoms with Crippen LogP contribution in [0.5, 0.6) is 0 Å². The molecule has 1 aliphatic heterocycles. The predicted molar refractivity (Wildman–Crippen MR) is 113 cm³/mol. The minimum Gasteiger partial charge on any atom is -0.328 e. The van der Waals surface area contributed by atoms with E-state index in [-0.39, 0.29) is 10.8 Å². The van der Waals surface area contributed by atoms with Gasteiger partial charge in [0.1, 0.15) is 5.82 Å². The number of benzene rings is 1. The topological polar surface area (TPSA) is 91.9 Å². The van der Waals surface area contributed by atoms with Gasteiger partial charge in [0.15, 0.2) is 0 Å². The number of aromatic nitrogens is 3. The average Bonchev–Trinajstić information content (AvgIpc) is 3.14. The summed E-state index contributed by atoms with van der Waals surface area (Å²) in [6, 6.07) is 12.0. The fourth-order valence-electron chi connectivity index (χ4n) is 3.92. The van der Waals surface area contributed by atoms with Gasteiger partial charge < -0.3 is 4.57 Å². The van der Waals surface area contributed by atoms with Gasteiger partial charge in [-0.05, 0) is 62.1 Å². The van der Waals surface area contributed by atoms with Crippen LogP contribution in [0.3, 0.4) is 0 Å². The molecule has 0 aliphatic carbocycles. The fourth-order valence-corrected chi connectivity index (χ4v) is 5.47. The highest BCUT2D eigenvalue weighted by atomic mass is 32.2. The molecule has 0 radical (unpaired) electrons. The number of nitrogens with zero attached hydrogens (tertiary/aromatic N) is 5. The zero-order valence-electron chi connectivity index (χ0n) is 16.8. The first-order chi connectivity index (χ1) is 14.5. The SMILES string of the molecule is Cc1cnc(-c2cccnc2)n1CC1CCCN(S(=O)(=O)c2ccc(C#N)cc2)C1. The van der Waals surface area contributed by atoms with Crippen LogP contribution in [0.25, 0.3) is 11.4 Å². The van der Waals surface area contributed by atoms with Gasteiger partial charge in [0.2, 0.25) is 10.0 Å². The summed E-state index contributed by atoms with van der Waals surface area (Å²) in [6.07, 6.45) is 7.15. The largest absolute Gasteiger partial charge is 0.328 e. The average molecular weight is 422 g/mol. The van der Waals surface area contributed by atoms with Gasteiger partial charge in [0.25, 0.3) is 0 Å². The molecule has 1 unspecified atom stereocenters. The molecule has 3 heterocycles. The van der Waals surface area contributed by atoms with Crippen LogP contribution >= 0.6 is 0 Å². The van der Waals surface area contributed by atoms with E-state index in [9.17, 15) is 8.42 Å². The second kappa shape index (κ2) is 8.38. The third kappa shape index (κ3) is 3.99. The maximum atomic E-state index is 13.1. The zero-order chi connectivity index (χ0) is 21.1. The van der Waals surface area contributed by atoms with Crippen LogP contribution in [0, 0.1) is 24.2 Å². The van der Waals surface area contributed by atoms with E-state index in [2.05, 4.69) is 14.5 Å². The molecule has 8 heteroatoms. The summed E-state index contributed by atoms with van der Waals surface area (Å²) in [5, 5.41) is 8.94. The maximum Gasteiger partial charge on any atom is 0.243 e. The van der Waals surface area contributed by atoms with Gasteiger partial charge in [-0.2, -0.15) is 9.57 Å². The van der Waals surface area contributed by atoms with Crippen molar-refractivity contribution in [1.29, 1.82) is 5.26 Å². The van der Waals surface area contributed by atoms with Crippen LogP contribution in [0.2, 0.25) is 0 Å². The molecule has 4 rings (SSSR count). The van der Waals surface area contributed by atoms with Crippen molar-refractivity contribution in [3.05, 3.63) is 66.2 Å². The lowest BCUT2D eigenvalue weighted by Crippen LogP contribution is -2.41. The highest BCUT2D eigenvalue weighted by molar-refractivity contribution is 7.89. The minimum atomic E-state index is -3.58. The fraction of sp³-hybridized carbons (Fsp3) is 0.318. The van der Waals surface area contributed by atoms with Gasteiger partial charge in [-0.3, -0.25) is 4.98 Å². The molecule has 0 N–H and O–H groups in total. The van der Waals surface area contributed by atoms with Crippen molar-refractivity contribution in [2.75, 3.05) is 13.1 Å². The van der Waals surface area contributed by atoms with E-state index in [0.29, 0.717) is 25.2 Å². The van der Waals surface area contributed by atoms with Gasteiger partial charge in [-0.25, -0.2) is 13.4 Å². The van der Waals surface area contributed by atoms with E-state index in [1.165, 1.54) is 12.1 Å². The van der Waals surface area contributed by atoms with Crippen LogP contribution < -0.4 is 0 Å². The highest BCUT2D eigenvalue weighted by Gasteiger charge is 2.31. The first-order valence-corrected chi connectivity index (χ1v) is 11.4. The third-order valence-corrected chi connectivity index (χ3v) is 7.40. The molecule has 2 aromatic heterocycles. The Morgan fingerprint density at radius 2 is 2.00 bits per heavy atom. The van der Waals surface area contributed by atoms with Crippen molar-refractivity contribution in [2.45, 2.75) is 31.2 Å². The van der Waals surface area contributed by atoms with E-state index in [0.717, 1.165) is 29.9 Å². The van der Waals surface area contributed by atoms with Crippen molar-refractivity contribution in [3.63, 3.8) is 0 Å². The Morgan fingerprint density at radius 1 is 1.20 bits per heavy atom. The predicted octanol–water partition coefficient (Wildman–Crippen LogP) is 3.23. The Hall–Kier alpha value is -3.02. The number of imidazole rings is 1. The Morgan fingerprint density at radius 3 is 2.70 bits per heavy atom. The molecule has 1 aliphatic rings. The number of sulfonamides is 1. The van der Waals surface area contributed by atoms with Crippen molar-refractivity contribution < 1.29 is 8.42 Å². The number of piperidine rings is 1. The second-order valence-corrected chi connectivity index (χ2v) is 9.52. The Balaban J connectivity index is 1.54. The van der Waals surface area contributed by atoms with Gasteiger partial charge in [0, 0.05) is 49.5 Å². The molecule has 154 valence electrons. The maximum absolute atomic E-state index is 13.1. The number of hydrogen-bond acceptors (Lipinski definition) is 5. The summed E-state index contributed by atoms with van der Waals surface area (Å²) in [5.74, 6) is 1.04. The molecular weight excluding hydrogens is 398 g/mol. The molecule has 1 fully saturated rings. The molecule has 0 saturated carbocycles. The van der Waals surface area contributed by atoms with Gasteiger partial charge >= 0.3 is 0 Å². The normalized spacial score (nSPS) is 17.5. The lowest BCUT2D eigenvalue weighted by atomic mass is 9.99. The Kier molecular flexibility index (Phi) is 5.66. The lowest BCUT2D eigenvalue weighted by molar-refractivity contribution is 0.245. The van der Waals surface area contributed by atoms with Crippen LogP contribution in [-0.2, 0) is 16.6 Å². The third-order valence-electron chi connectivity index (χ3n) is 5.52. The summed E-state index contributed by atoms with van der Waals surface area (Å²) in [4.78, 5) is 8.97. The second-order valence-electron chi connectivity index (χ2n) is 7.58. The summed E-state index contributed by atoms with van der Waals surface area (Å²) >= 11 is 0. The van der Waals surface area contributed by atoms with Gasteiger partial charge in [-0.15, -0.1) is 0 Å². The molecule has 30 heavy (non-hydrogen) atoms. The first-order valence-electron chi connectivity index (χ1n) is 9.92. The zero-order valence-corrected chi connectivity index (χ0v) is 17.6. The van der Waals surface area contributed by atoms with Crippen molar-refractivity contribution >= 4 is 10.0 Å². The van der Waals surface area contributed by atoms with Crippen LogP contribution in [-0.4, -0.2) is 40.3 Å². The van der Waals surface area contributed by atoms with Crippen molar-refractivity contribution in [2.24, 2.45) is 5.92 Å². The lowest BCUT2D eigenvalue weighted by Gasteiger charge is -2.32. The monoisotopic (exact) mass is 421 g/mol. The number of hydrogen-bond donors (Lipinski definition) is 0. The summed E-state index contributed by atoms with van der Waals surface area (Å²) in [7, 11) is -3.58. The van der Waals surface area contributed by atoms with E-state index < -0.39 is 10.0 Å². The van der Waals surface area contributed by atoms with E-state index in [1.807, 2.05) is 31.3 Å². The molecule has 3 aromatic rings. The van der Waals surface area contributed by atoms with E-state index in [4.69, 9.17) is 5.26 Å². The Labute approximate surface area is 176 Å². The van der Waals surface area contributed by atoms with Crippen molar-refractivity contribution in [1.82, 2.24) is 18.8 Å². The van der Waals surface area contributed by atoms with E-state index in [1.54, 1.807) is 28.8 Å². The standard InChI is InChI=1S/C22H23N5O2S/c1-17-13-25-22(20-5-2-10-24-14-20)27(17)16-19-4-3-11-26(15-19)30(28,29)21-8-6-18(12-23)7-9-21/h2,5-10,13-14,19H,3-4,11,15-16H2,1H3. The molecule has 1 saturated heterocycles. The van der Waals surface area contributed by atoms with Gasteiger partial charge in [-0.1, -0.05) is 0 Å². The minimum absolute atomic E-state index is 0.190. The van der Waals surface area contributed by atoms with Crippen LogP contribution in [0.15, 0.2) is 59.9 Å². The molecule has 0 amide bonds. The molecule has 0 bridgehead atoms. The molecule has 0 spiro atoms. The smallest absolute Gasteiger partial charge is 0.243 e. The van der Waals surface area contributed by atoms with E-state index >= 15 is 0 Å². The van der Waals surface area contributed by atoms with Crippen LogP contribution in [0.4, 0.5) is 0 Å². The first kappa shape index (κ1) is 20.3. The summed E-state index contributed by atoms with van der Waals surface area (Å²) < 4.78 is 29.9.